The predicted molar refractivity (Wildman–Crippen MR) is 76.5 cm³/mol. The number of fused-ring (bicyclic) bond motifs is 1. The summed E-state index contributed by atoms with van der Waals surface area (Å²) in [5.74, 6) is 0.215. The Bertz CT molecular complexity index is 484. The van der Waals surface area contributed by atoms with Gasteiger partial charge >= 0.3 is 0 Å². The molecule has 2 aliphatic rings. The van der Waals surface area contributed by atoms with Crippen LogP contribution in [0.25, 0.3) is 0 Å². The molecule has 1 aliphatic heterocycles. The fourth-order valence-corrected chi connectivity index (χ4v) is 3.42. The van der Waals surface area contributed by atoms with E-state index in [-0.39, 0.29) is 5.91 Å². The monoisotopic (exact) mass is 258 g/mol. The topological polar surface area (TPSA) is 32.3 Å². The number of hydrogen-bond donors (Lipinski definition) is 1. The number of aryl methyl sites for hydroxylation is 2. The maximum atomic E-state index is 12.6. The van der Waals surface area contributed by atoms with Gasteiger partial charge in [-0.3, -0.25) is 4.79 Å². The van der Waals surface area contributed by atoms with Crippen LogP contribution in [0.1, 0.15) is 40.7 Å². The van der Waals surface area contributed by atoms with Crippen LogP contribution in [0.2, 0.25) is 0 Å². The predicted octanol–water partition coefficient (Wildman–Crippen LogP) is 2.00. The van der Waals surface area contributed by atoms with Gasteiger partial charge in [0.15, 0.2) is 0 Å². The molecule has 0 spiro atoms. The van der Waals surface area contributed by atoms with Gasteiger partial charge in [0.25, 0.3) is 5.91 Å². The lowest BCUT2D eigenvalue weighted by atomic mass is 10.1. The summed E-state index contributed by atoms with van der Waals surface area (Å²) < 4.78 is 0. The molecule has 19 heavy (non-hydrogen) atoms. The van der Waals surface area contributed by atoms with Gasteiger partial charge in [-0.15, -0.1) is 0 Å². The summed E-state index contributed by atoms with van der Waals surface area (Å²) >= 11 is 0. The summed E-state index contributed by atoms with van der Waals surface area (Å²) in [5, 5.41) is 3.19. The minimum absolute atomic E-state index is 0.215. The number of amides is 1. The van der Waals surface area contributed by atoms with Gasteiger partial charge in [-0.05, 0) is 62.4 Å². The lowest BCUT2D eigenvalue weighted by Gasteiger charge is -2.24. The van der Waals surface area contributed by atoms with Crippen LogP contribution in [-0.2, 0) is 12.8 Å². The van der Waals surface area contributed by atoms with Crippen LogP contribution in [0.5, 0.6) is 0 Å². The molecule has 0 aromatic heterocycles. The van der Waals surface area contributed by atoms with E-state index in [1.165, 1.54) is 24.0 Å². The smallest absolute Gasteiger partial charge is 0.254 e. The van der Waals surface area contributed by atoms with E-state index in [0.717, 1.165) is 37.9 Å². The van der Waals surface area contributed by atoms with Gasteiger partial charge in [0.2, 0.25) is 0 Å². The van der Waals surface area contributed by atoms with Crippen molar-refractivity contribution >= 4 is 5.91 Å². The molecule has 0 bridgehead atoms. The number of carbonyl (C=O) groups excluding carboxylic acids is 1. The number of nitrogens with zero attached hydrogens (tertiary/aromatic N) is 1. The van der Waals surface area contributed by atoms with E-state index in [1.54, 1.807) is 0 Å². The highest BCUT2D eigenvalue weighted by atomic mass is 16.2. The number of hydrogen-bond acceptors (Lipinski definition) is 2. The van der Waals surface area contributed by atoms with Crippen molar-refractivity contribution in [3.63, 3.8) is 0 Å². The Hall–Kier alpha value is -1.35. The normalized spacial score (nSPS) is 21.7. The second-order valence-corrected chi connectivity index (χ2v) is 5.69. The van der Waals surface area contributed by atoms with Gasteiger partial charge in [0.05, 0.1) is 0 Å². The molecule has 1 unspecified atom stereocenters. The van der Waals surface area contributed by atoms with Gasteiger partial charge in [-0.2, -0.15) is 0 Å². The molecule has 0 radical (unpaired) electrons. The molecule has 1 aromatic rings. The van der Waals surface area contributed by atoms with Crippen molar-refractivity contribution in [1.82, 2.24) is 10.2 Å². The molecular weight excluding hydrogens is 236 g/mol. The standard InChI is InChI=1S/C16H22N2O/c1-17-11-15-6-3-9-18(15)16(19)14-8-7-12-4-2-5-13(12)10-14/h7-8,10,15,17H,2-6,9,11H2,1H3. The highest BCUT2D eigenvalue weighted by Crippen LogP contribution is 2.25. The molecule has 3 nitrogen and oxygen atoms in total. The summed E-state index contributed by atoms with van der Waals surface area (Å²) in [5.41, 5.74) is 3.70. The molecule has 1 atom stereocenters. The van der Waals surface area contributed by atoms with E-state index in [1.807, 2.05) is 18.0 Å². The van der Waals surface area contributed by atoms with E-state index in [9.17, 15) is 4.79 Å². The van der Waals surface area contributed by atoms with Gasteiger partial charge < -0.3 is 10.2 Å². The van der Waals surface area contributed by atoms with E-state index in [4.69, 9.17) is 0 Å². The summed E-state index contributed by atoms with van der Waals surface area (Å²) in [6.07, 6.45) is 5.80. The molecule has 1 heterocycles. The first-order valence-corrected chi connectivity index (χ1v) is 7.37. The number of likely N-dealkylation sites (tertiary alicyclic amines) is 1. The molecule has 102 valence electrons. The van der Waals surface area contributed by atoms with Crippen LogP contribution in [-0.4, -0.2) is 37.0 Å². The Morgan fingerprint density at radius 3 is 3.00 bits per heavy atom. The van der Waals surface area contributed by atoms with Crippen molar-refractivity contribution in [2.75, 3.05) is 20.1 Å². The zero-order valence-electron chi connectivity index (χ0n) is 11.6. The Morgan fingerprint density at radius 1 is 1.32 bits per heavy atom. The average molecular weight is 258 g/mol. The van der Waals surface area contributed by atoms with Crippen molar-refractivity contribution in [1.29, 1.82) is 0 Å². The van der Waals surface area contributed by atoms with Crippen molar-refractivity contribution in [2.24, 2.45) is 0 Å². The number of nitrogens with one attached hydrogen (secondary N) is 1. The molecule has 1 aromatic carbocycles. The van der Waals surface area contributed by atoms with E-state index in [0.29, 0.717) is 6.04 Å². The van der Waals surface area contributed by atoms with Gasteiger partial charge in [0.1, 0.15) is 0 Å². The zero-order chi connectivity index (χ0) is 13.2. The molecular formula is C16H22N2O. The molecule has 1 amide bonds. The Morgan fingerprint density at radius 2 is 2.16 bits per heavy atom. The van der Waals surface area contributed by atoms with E-state index in [2.05, 4.69) is 17.4 Å². The third kappa shape index (κ3) is 2.39. The van der Waals surface area contributed by atoms with Crippen molar-refractivity contribution in [2.45, 2.75) is 38.1 Å². The third-order valence-corrected chi connectivity index (χ3v) is 4.42. The minimum Gasteiger partial charge on any atom is -0.334 e. The van der Waals surface area contributed by atoms with Crippen molar-refractivity contribution < 1.29 is 4.79 Å². The van der Waals surface area contributed by atoms with Crippen LogP contribution in [0.3, 0.4) is 0 Å². The summed E-state index contributed by atoms with van der Waals surface area (Å²) in [6, 6.07) is 6.66. The summed E-state index contributed by atoms with van der Waals surface area (Å²) in [7, 11) is 1.95. The van der Waals surface area contributed by atoms with Gasteiger partial charge in [-0.1, -0.05) is 6.07 Å². The van der Waals surface area contributed by atoms with Crippen molar-refractivity contribution in [3.8, 4) is 0 Å². The van der Waals surface area contributed by atoms with Gasteiger partial charge in [0, 0.05) is 24.7 Å². The Kier molecular flexibility index (Phi) is 3.56. The Labute approximate surface area is 115 Å². The fraction of sp³-hybridized carbons (Fsp3) is 0.562. The lowest BCUT2D eigenvalue weighted by molar-refractivity contribution is 0.0737. The number of carbonyl (C=O) groups is 1. The first-order valence-electron chi connectivity index (χ1n) is 7.37. The number of rotatable bonds is 3. The molecule has 3 rings (SSSR count). The number of benzene rings is 1. The second-order valence-electron chi connectivity index (χ2n) is 5.69. The first-order chi connectivity index (χ1) is 9.29. The zero-order valence-corrected chi connectivity index (χ0v) is 11.6. The Balaban J connectivity index is 1.79. The third-order valence-electron chi connectivity index (χ3n) is 4.42. The van der Waals surface area contributed by atoms with E-state index >= 15 is 0 Å². The molecule has 1 aliphatic carbocycles. The highest BCUT2D eigenvalue weighted by Gasteiger charge is 2.29. The van der Waals surface area contributed by atoms with Crippen LogP contribution >= 0.6 is 0 Å². The van der Waals surface area contributed by atoms with Crippen LogP contribution in [0.4, 0.5) is 0 Å². The molecule has 0 saturated carbocycles. The van der Waals surface area contributed by atoms with E-state index < -0.39 is 0 Å². The molecule has 1 saturated heterocycles. The lowest BCUT2D eigenvalue weighted by Crippen LogP contribution is -2.40. The van der Waals surface area contributed by atoms with Crippen molar-refractivity contribution in [3.05, 3.63) is 34.9 Å². The number of likely N-dealkylation sites (N-methyl/N-ethyl adjacent to an activating group) is 1. The summed E-state index contributed by atoms with van der Waals surface area (Å²) in [6.45, 7) is 1.80. The molecule has 3 heteroatoms. The first kappa shape index (κ1) is 12.7. The fourth-order valence-electron chi connectivity index (χ4n) is 3.42. The average Bonchev–Trinajstić information content (AvgIpc) is 3.05. The largest absolute Gasteiger partial charge is 0.334 e. The maximum Gasteiger partial charge on any atom is 0.254 e. The quantitative estimate of drug-likeness (QED) is 0.899. The SMILES string of the molecule is CNCC1CCCN1C(=O)c1ccc2c(c1)CCC2. The molecule has 1 fully saturated rings. The summed E-state index contributed by atoms with van der Waals surface area (Å²) in [4.78, 5) is 14.7. The van der Waals surface area contributed by atoms with Gasteiger partial charge in [-0.25, -0.2) is 0 Å². The minimum atomic E-state index is 0.215. The maximum absolute atomic E-state index is 12.6. The van der Waals surface area contributed by atoms with Crippen LogP contribution < -0.4 is 5.32 Å². The van der Waals surface area contributed by atoms with Crippen LogP contribution in [0, 0.1) is 0 Å². The second kappa shape index (κ2) is 5.33. The highest BCUT2D eigenvalue weighted by molar-refractivity contribution is 5.95. The molecule has 1 N–H and O–H groups in total. The van der Waals surface area contributed by atoms with Crippen LogP contribution in [0.15, 0.2) is 18.2 Å².